The summed E-state index contributed by atoms with van der Waals surface area (Å²) < 4.78 is 37.9. The van der Waals surface area contributed by atoms with Crippen molar-refractivity contribution in [1.29, 1.82) is 0 Å². The Bertz CT molecular complexity index is 392. The Labute approximate surface area is 99.4 Å². The monoisotopic (exact) mass is 297 g/mol. The topological polar surface area (TPSA) is 46.2 Å². The number of aromatic hydroxyl groups is 1. The van der Waals surface area contributed by atoms with Crippen molar-refractivity contribution < 1.29 is 18.3 Å². The summed E-state index contributed by atoms with van der Waals surface area (Å²) in [6.45, 7) is 1.73. The largest absolute Gasteiger partial charge is 0.507 e. The number of phenolic OH excluding ortho intramolecular Hbond substituents is 1. The summed E-state index contributed by atoms with van der Waals surface area (Å²) in [4.78, 5) is 0. The first kappa shape index (κ1) is 13.3. The fourth-order valence-electron chi connectivity index (χ4n) is 1.34. The van der Waals surface area contributed by atoms with E-state index in [1.807, 2.05) is 0 Å². The quantitative estimate of drug-likeness (QED) is 0.876. The van der Waals surface area contributed by atoms with Crippen molar-refractivity contribution >= 4 is 15.9 Å². The number of halogens is 4. The molecule has 0 aliphatic heterocycles. The SMILES string of the molecule is CC[C@@H](N)c1cc(Br)cc(C(F)(F)F)c1O. The maximum atomic E-state index is 12.6. The molecule has 1 rings (SSSR count). The van der Waals surface area contributed by atoms with Gasteiger partial charge in [0, 0.05) is 16.1 Å². The van der Waals surface area contributed by atoms with E-state index >= 15 is 0 Å². The Morgan fingerprint density at radius 2 is 2.00 bits per heavy atom. The van der Waals surface area contributed by atoms with Crippen LogP contribution in [0.5, 0.6) is 5.75 Å². The first-order chi connectivity index (χ1) is 7.27. The second-order valence-electron chi connectivity index (χ2n) is 3.40. The fourth-order valence-corrected chi connectivity index (χ4v) is 1.81. The molecule has 0 bridgehead atoms. The standard InChI is InChI=1S/C10H11BrF3NO/c1-2-8(15)6-3-5(11)4-7(9(6)16)10(12,13)14/h3-4,8,16H,2,15H2,1H3/t8-/m1/s1. The summed E-state index contributed by atoms with van der Waals surface area (Å²) in [5.41, 5.74) is 4.66. The average Bonchev–Trinajstić information content (AvgIpc) is 2.18. The predicted molar refractivity (Wildman–Crippen MR) is 58.0 cm³/mol. The Hall–Kier alpha value is -0.750. The maximum absolute atomic E-state index is 12.6. The van der Waals surface area contributed by atoms with Gasteiger partial charge in [-0.1, -0.05) is 22.9 Å². The molecule has 6 heteroatoms. The van der Waals surface area contributed by atoms with Gasteiger partial charge in [0.25, 0.3) is 0 Å². The van der Waals surface area contributed by atoms with Gasteiger partial charge in [0.05, 0.1) is 5.56 Å². The molecule has 1 atom stereocenters. The molecule has 0 fully saturated rings. The first-order valence-electron chi connectivity index (χ1n) is 4.62. The van der Waals surface area contributed by atoms with Gasteiger partial charge in [-0.05, 0) is 18.6 Å². The van der Waals surface area contributed by atoms with Crippen molar-refractivity contribution in [3.8, 4) is 5.75 Å². The van der Waals surface area contributed by atoms with Crippen molar-refractivity contribution in [2.75, 3.05) is 0 Å². The summed E-state index contributed by atoms with van der Waals surface area (Å²) in [6, 6.07) is 1.62. The van der Waals surface area contributed by atoms with E-state index in [4.69, 9.17) is 5.73 Å². The molecule has 0 amide bonds. The number of phenols is 1. The van der Waals surface area contributed by atoms with E-state index in [1.54, 1.807) is 6.92 Å². The maximum Gasteiger partial charge on any atom is 0.420 e. The summed E-state index contributed by atoms with van der Waals surface area (Å²) in [5, 5.41) is 9.53. The van der Waals surface area contributed by atoms with Gasteiger partial charge in [-0.25, -0.2) is 0 Å². The molecule has 1 aromatic rings. The molecule has 0 saturated carbocycles. The molecule has 0 aliphatic carbocycles. The van der Waals surface area contributed by atoms with Crippen LogP contribution in [0.4, 0.5) is 13.2 Å². The van der Waals surface area contributed by atoms with Gasteiger partial charge >= 0.3 is 6.18 Å². The van der Waals surface area contributed by atoms with Crippen LogP contribution in [-0.2, 0) is 6.18 Å². The molecule has 0 heterocycles. The molecule has 0 spiro atoms. The molecule has 2 nitrogen and oxygen atoms in total. The molecule has 16 heavy (non-hydrogen) atoms. The summed E-state index contributed by atoms with van der Waals surface area (Å²) in [7, 11) is 0. The number of hydrogen-bond donors (Lipinski definition) is 2. The number of benzene rings is 1. The second-order valence-corrected chi connectivity index (χ2v) is 4.32. The van der Waals surface area contributed by atoms with Crippen molar-refractivity contribution in [3.05, 3.63) is 27.7 Å². The van der Waals surface area contributed by atoms with Crippen LogP contribution in [0, 0.1) is 0 Å². The zero-order chi connectivity index (χ0) is 12.5. The van der Waals surface area contributed by atoms with Gasteiger partial charge < -0.3 is 10.8 Å². The molecule has 0 saturated heterocycles. The van der Waals surface area contributed by atoms with Gasteiger partial charge in [-0.3, -0.25) is 0 Å². The van der Waals surface area contributed by atoms with E-state index in [2.05, 4.69) is 15.9 Å². The molecular weight excluding hydrogens is 287 g/mol. The molecule has 0 radical (unpaired) electrons. The van der Waals surface area contributed by atoms with E-state index in [0.29, 0.717) is 6.42 Å². The third kappa shape index (κ3) is 2.68. The predicted octanol–water partition coefficient (Wildman–Crippen LogP) is 3.58. The number of alkyl halides is 3. The molecule has 0 unspecified atom stereocenters. The lowest BCUT2D eigenvalue weighted by molar-refractivity contribution is -0.138. The van der Waals surface area contributed by atoms with Crippen LogP contribution in [0.1, 0.15) is 30.5 Å². The lowest BCUT2D eigenvalue weighted by Gasteiger charge is -2.16. The van der Waals surface area contributed by atoms with Gasteiger partial charge in [0.1, 0.15) is 5.75 Å². The molecule has 3 N–H and O–H groups in total. The summed E-state index contributed by atoms with van der Waals surface area (Å²) in [5.74, 6) is -0.787. The summed E-state index contributed by atoms with van der Waals surface area (Å²) >= 11 is 2.97. The number of nitrogens with two attached hydrogens (primary N) is 1. The first-order valence-corrected chi connectivity index (χ1v) is 5.41. The van der Waals surface area contributed by atoms with Crippen LogP contribution in [0.2, 0.25) is 0 Å². The Balaban J connectivity index is 3.38. The van der Waals surface area contributed by atoms with Crippen LogP contribution >= 0.6 is 15.9 Å². The van der Waals surface area contributed by atoms with Crippen molar-refractivity contribution in [1.82, 2.24) is 0 Å². The third-order valence-corrected chi connectivity index (χ3v) is 2.71. The van der Waals surface area contributed by atoms with E-state index in [9.17, 15) is 18.3 Å². The molecular formula is C10H11BrF3NO. The van der Waals surface area contributed by atoms with Crippen LogP contribution < -0.4 is 5.73 Å². The average molecular weight is 298 g/mol. The lowest BCUT2D eigenvalue weighted by Crippen LogP contribution is -2.12. The van der Waals surface area contributed by atoms with Gasteiger partial charge in [0.2, 0.25) is 0 Å². The summed E-state index contributed by atoms with van der Waals surface area (Å²) in [6.07, 6.45) is -4.14. The van der Waals surface area contributed by atoms with Crippen molar-refractivity contribution in [2.24, 2.45) is 5.73 Å². The van der Waals surface area contributed by atoms with E-state index in [1.165, 1.54) is 6.07 Å². The van der Waals surface area contributed by atoms with Gasteiger partial charge in [-0.15, -0.1) is 0 Å². The highest BCUT2D eigenvalue weighted by molar-refractivity contribution is 9.10. The Kier molecular flexibility index (Phi) is 3.85. The van der Waals surface area contributed by atoms with Crippen LogP contribution in [-0.4, -0.2) is 5.11 Å². The number of rotatable bonds is 2. The molecule has 0 aromatic heterocycles. The van der Waals surface area contributed by atoms with E-state index in [-0.39, 0.29) is 10.0 Å². The van der Waals surface area contributed by atoms with Gasteiger partial charge in [-0.2, -0.15) is 13.2 Å². The zero-order valence-electron chi connectivity index (χ0n) is 8.48. The highest BCUT2D eigenvalue weighted by Crippen LogP contribution is 2.41. The fraction of sp³-hybridized carbons (Fsp3) is 0.400. The van der Waals surface area contributed by atoms with E-state index in [0.717, 1.165) is 6.07 Å². The van der Waals surface area contributed by atoms with Crippen molar-refractivity contribution in [2.45, 2.75) is 25.6 Å². The van der Waals surface area contributed by atoms with Crippen LogP contribution in [0.3, 0.4) is 0 Å². The minimum atomic E-state index is -4.59. The Morgan fingerprint density at radius 3 is 2.44 bits per heavy atom. The highest BCUT2D eigenvalue weighted by Gasteiger charge is 2.35. The molecule has 90 valence electrons. The van der Waals surface area contributed by atoms with E-state index < -0.39 is 23.5 Å². The minimum Gasteiger partial charge on any atom is -0.507 e. The van der Waals surface area contributed by atoms with Crippen LogP contribution in [0.25, 0.3) is 0 Å². The number of hydrogen-bond acceptors (Lipinski definition) is 2. The highest BCUT2D eigenvalue weighted by atomic mass is 79.9. The van der Waals surface area contributed by atoms with Crippen molar-refractivity contribution in [3.63, 3.8) is 0 Å². The van der Waals surface area contributed by atoms with Gasteiger partial charge in [0.15, 0.2) is 0 Å². The van der Waals surface area contributed by atoms with Crippen LogP contribution in [0.15, 0.2) is 16.6 Å². The lowest BCUT2D eigenvalue weighted by atomic mass is 10.0. The Morgan fingerprint density at radius 1 is 1.44 bits per heavy atom. The second kappa shape index (κ2) is 4.63. The smallest absolute Gasteiger partial charge is 0.420 e. The third-order valence-electron chi connectivity index (χ3n) is 2.25. The zero-order valence-corrected chi connectivity index (χ0v) is 10.1. The minimum absolute atomic E-state index is 0.101. The molecule has 1 aromatic carbocycles. The normalized spacial score (nSPS) is 13.9. The molecule has 0 aliphatic rings.